The highest BCUT2D eigenvalue weighted by atomic mass is 32.2. The van der Waals surface area contributed by atoms with Crippen molar-refractivity contribution in [2.75, 3.05) is 7.05 Å². The van der Waals surface area contributed by atoms with Gasteiger partial charge in [-0.2, -0.15) is 0 Å². The van der Waals surface area contributed by atoms with E-state index in [1.807, 2.05) is 30.3 Å². The quantitative estimate of drug-likeness (QED) is 0.649. The maximum absolute atomic E-state index is 13.2. The van der Waals surface area contributed by atoms with Crippen molar-refractivity contribution in [2.45, 2.75) is 30.6 Å². The monoisotopic (exact) mass is 370 g/mol. The summed E-state index contributed by atoms with van der Waals surface area (Å²) in [6.07, 6.45) is 2.50. The van der Waals surface area contributed by atoms with Crippen LogP contribution in [0.5, 0.6) is 0 Å². The van der Waals surface area contributed by atoms with E-state index in [-0.39, 0.29) is 10.8 Å². The van der Waals surface area contributed by atoms with E-state index < -0.39 is 10.0 Å². The average molecular weight is 370 g/mol. The summed E-state index contributed by atoms with van der Waals surface area (Å²) in [7, 11) is -2.06. The highest BCUT2D eigenvalue weighted by Crippen LogP contribution is 2.26. The minimum atomic E-state index is -3.67. The van der Waals surface area contributed by atoms with Crippen molar-refractivity contribution >= 4 is 26.8 Å². The molecular formula is C20H22N2O3S. The molecule has 1 heterocycles. The number of para-hydroxylation sites is 1. The van der Waals surface area contributed by atoms with Crippen LogP contribution in [0.15, 0.2) is 65.6 Å². The van der Waals surface area contributed by atoms with Crippen molar-refractivity contribution in [1.82, 2.24) is 9.29 Å². The van der Waals surface area contributed by atoms with E-state index in [0.29, 0.717) is 24.8 Å². The van der Waals surface area contributed by atoms with Crippen LogP contribution in [-0.2, 0) is 21.2 Å². The minimum Gasteiger partial charge on any atom is -0.359 e. The standard InChI is InChI=1S/C20H22N2O3S/c1-21-20(23)14-8-6-10-17-15-16-9-5-7-13-19(16)22(17)26(24,25)18-11-3-2-4-12-18/h2-5,7,9,11-13,15H,6,8,10,14H2,1H3,(H,21,23). The second kappa shape index (κ2) is 7.74. The second-order valence-electron chi connectivity index (χ2n) is 6.16. The molecule has 0 fully saturated rings. The van der Waals surface area contributed by atoms with Gasteiger partial charge in [0.2, 0.25) is 5.91 Å². The van der Waals surface area contributed by atoms with Gasteiger partial charge in [-0.1, -0.05) is 36.4 Å². The number of nitrogens with zero attached hydrogens (tertiary/aromatic N) is 1. The van der Waals surface area contributed by atoms with Gasteiger partial charge in [-0.05, 0) is 43.5 Å². The average Bonchev–Trinajstić information content (AvgIpc) is 3.04. The minimum absolute atomic E-state index is 0.00227. The number of rotatable bonds is 7. The first-order valence-electron chi connectivity index (χ1n) is 8.64. The van der Waals surface area contributed by atoms with Gasteiger partial charge in [0.15, 0.2) is 0 Å². The van der Waals surface area contributed by atoms with Crippen LogP contribution < -0.4 is 5.32 Å². The Morgan fingerprint density at radius 2 is 1.69 bits per heavy atom. The number of aryl methyl sites for hydroxylation is 1. The normalized spacial score (nSPS) is 11.6. The molecule has 0 saturated carbocycles. The van der Waals surface area contributed by atoms with Gasteiger partial charge in [-0.3, -0.25) is 4.79 Å². The summed E-state index contributed by atoms with van der Waals surface area (Å²) >= 11 is 0. The van der Waals surface area contributed by atoms with Gasteiger partial charge in [-0.25, -0.2) is 12.4 Å². The second-order valence-corrected chi connectivity index (χ2v) is 7.94. The number of carbonyl (C=O) groups excluding carboxylic acids is 1. The van der Waals surface area contributed by atoms with E-state index in [9.17, 15) is 13.2 Å². The molecule has 26 heavy (non-hydrogen) atoms. The molecule has 0 aliphatic heterocycles. The van der Waals surface area contributed by atoms with Crippen LogP contribution in [0.3, 0.4) is 0 Å². The Balaban J connectivity index is 1.97. The van der Waals surface area contributed by atoms with Crippen LogP contribution >= 0.6 is 0 Å². The van der Waals surface area contributed by atoms with Crippen molar-refractivity contribution in [3.63, 3.8) is 0 Å². The smallest absolute Gasteiger partial charge is 0.268 e. The van der Waals surface area contributed by atoms with Crippen molar-refractivity contribution < 1.29 is 13.2 Å². The Kier molecular flexibility index (Phi) is 5.42. The number of benzene rings is 2. The zero-order chi connectivity index (χ0) is 18.6. The van der Waals surface area contributed by atoms with Crippen LogP contribution in [0.25, 0.3) is 10.9 Å². The van der Waals surface area contributed by atoms with E-state index in [2.05, 4.69) is 5.32 Å². The Hall–Kier alpha value is -2.60. The Labute approximate surface area is 153 Å². The first-order valence-corrected chi connectivity index (χ1v) is 10.1. The molecule has 0 unspecified atom stereocenters. The number of aromatic nitrogens is 1. The number of fused-ring (bicyclic) bond motifs is 1. The van der Waals surface area contributed by atoms with E-state index >= 15 is 0 Å². The van der Waals surface area contributed by atoms with Crippen LogP contribution in [0.1, 0.15) is 25.0 Å². The topological polar surface area (TPSA) is 68.2 Å². The number of carbonyl (C=O) groups is 1. The lowest BCUT2D eigenvalue weighted by atomic mass is 10.1. The van der Waals surface area contributed by atoms with Crippen LogP contribution in [0, 0.1) is 0 Å². The molecule has 1 aromatic heterocycles. The molecule has 3 aromatic rings. The predicted molar refractivity (Wildman–Crippen MR) is 103 cm³/mol. The number of nitrogens with one attached hydrogen (secondary N) is 1. The summed E-state index contributed by atoms with van der Waals surface area (Å²) in [5.41, 5.74) is 1.42. The highest BCUT2D eigenvalue weighted by molar-refractivity contribution is 7.90. The molecule has 136 valence electrons. The lowest BCUT2D eigenvalue weighted by Gasteiger charge is -2.12. The molecule has 0 bridgehead atoms. The third-order valence-corrected chi connectivity index (χ3v) is 6.17. The zero-order valence-electron chi connectivity index (χ0n) is 14.7. The number of unbranched alkanes of at least 4 members (excludes halogenated alkanes) is 1. The van der Waals surface area contributed by atoms with Gasteiger partial charge in [0, 0.05) is 24.5 Å². The largest absolute Gasteiger partial charge is 0.359 e. The molecule has 0 aliphatic carbocycles. The fourth-order valence-corrected chi connectivity index (χ4v) is 4.65. The summed E-state index contributed by atoms with van der Waals surface area (Å²) in [5.74, 6) is 0.00227. The maximum Gasteiger partial charge on any atom is 0.268 e. The van der Waals surface area contributed by atoms with Crippen molar-refractivity contribution in [3.05, 3.63) is 66.4 Å². The lowest BCUT2D eigenvalue weighted by Crippen LogP contribution is -2.17. The molecule has 2 aromatic carbocycles. The van der Waals surface area contributed by atoms with Crippen molar-refractivity contribution in [3.8, 4) is 0 Å². The van der Waals surface area contributed by atoms with Gasteiger partial charge < -0.3 is 5.32 Å². The van der Waals surface area contributed by atoms with E-state index in [0.717, 1.165) is 17.5 Å². The van der Waals surface area contributed by atoms with Crippen molar-refractivity contribution in [2.24, 2.45) is 0 Å². The maximum atomic E-state index is 13.2. The van der Waals surface area contributed by atoms with Gasteiger partial charge in [0.25, 0.3) is 10.0 Å². The first kappa shape index (κ1) is 18.2. The summed E-state index contributed by atoms with van der Waals surface area (Å²) in [4.78, 5) is 11.6. The van der Waals surface area contributed by atoms with E-state index in [4.69, 9.17) is 0 Å². The van der Waals surface area contributed by atoms with E-state index in [1.54, 1.807) is 37.4 Å². The van der Waals surface area contributed by atoms with E-state index in [1.165, 1.54) is 3.97 Å². The van der Waals surface area contributed by atoms with Gasteiger partial charge in [-0.15, -0.1) is 0 Å². The van der Waals surface area contributed by atoms with Gasteiger partial charge >= 0.3 is 0 Å². The van der Waals surface area contributed by atoms with Crippen LogP contribution in [-0.4, -0.2) is 25.3 Å². The van der Waals surface area contributed by atoms with Crippen LogP contribution in [0.2, 0.25) is 0 Å². The fourth-order valence-electron chi connectivity index (χ4n) is 3.06. The third-order valence-electron chi connectivity index (χ3n) is 4.39. The Morgan fingerprint density at radius 1 is 1.00 bits per heavy atom. The van der Waals surface area contributed by atoms with Crippen molar-refractivity contribution in [1.29, 1.82) is 0 Å². The highest BCUT2D eigenvalue weighted by Gasteiger charge is 2.22. The molecule has 1 amide bonds. The molecule has 0 spiro atoms. The lowest BCUT2D eigenvalue weighted by molar-refractivity contribution is -0.120. The first-order chi connectivity index (χ1) is 12.5. The molecule has 0 atom stereocenters. The predicted octanol–water partition coefficient (Wildman–Crippen LogP) is 3.34. The Morgan fingerprint density at radius 3 is 2.42 bits per heavy atom. The zero-order valence-corrected chi connectivity index (χ0v) is 15.5. The van der Waals surface area contributed by atoms with Gasteiger partial charge in [0.05, 0.1) is 10.4 Å². The summed E-state index contributed by atoms with van der Waals surface area (Å²) in [6.45, 7) is 0. The fraction of sp³-hybridized carbons (Fsp3) is 0.250. The SMILES string of the molecule is CNC(=O)CCCCc1cc2ccccc2n1S(=O)(=O)c1ccccc1. The number of amides is 1. The summed E-state index contributed by atoms with van der Waals surface area (Å²) < 4.78 is 27.9. The summed E-state index contributed by atoms with van der Waals surface area (Å²) in [6, 6.07) is 17.9. The Bertz CT molecular complexity index is 1010. The van der Waals surface area contributed by atoms with Gasteiger partial charge in [0.1, 0.15) is 0 Å². The molecule has 0 saturated heterocycles. The molecule has 6 heteroatoms. The molecule has 5 nitrogen and oxygen atoms in total. The third kappa shape index (κ3) is 3.65. The molecular weight excluding hydrogens is 348 g/mol. The molecule has 0 aliphatic rings. The van der Waals surface area contributed by atoms with Crippen LogP contribution in [0.4, 0.5) is 0 Å². The number of hydrogen-bond acceptors (Lipinski definition) is 3. The summed E-state index contributed by atoms with van der Waals surface area (Å²) in [5, 5.41) is 3.50. The molecule has 3 rings (SSSR count). The molecule has 1 N–H and O–H groups in total. The number of hydrogen-bond donors (Lipinski definition) is 1. The molecule has 0 radical (unpaired) electrons.